The highest BCUT2D eigenvalue weighted by Gasteiger charge is 2.18. The van der Waals surface area contributed by atoms with Crippen LogP contribution in [0.1, 0.15) is 25.3 Å². The molecule has 1 aliphatic rings. The van der Waals surface area contributed by atoms with Gasteiger partial charge in [-0.2, -0.15) is 0 Å². The maximum absolute atomic E-state index is 10.7. The molecule has 0 amide bonds. The van der Waals surface area contributed by atoms with E-state index in [0.717, 1.165) is 30.3 Å². The number of piperidine rings is 1. The van der Waals surface area contributed by atoms with Crippen LogP contribution in [-0.4, -0.2) is 18.0 Å². The minimum atomic E-state index is -0.322. The van der Waals surface area contributed by atoms with Crippen LogP contribution in [0.5, 0.6) is 0 Å². The van der Waals surface area contributed by atoms with Gasteiger partial charge in [-0.05, 0) is 37.8 Å². The lowest BCUT2D eigenvalue weighted by Crippen LogP contribution is -2.32. The van der Waals surface area contributed by atoms with Crippen molar-refractivity contribution in [1.29, 1.82) is 0 Å². The van der Waals surface area contributed by atoms with Crippen molar-refractivity contribution in [3.63, 3.8) is 0 Å². The van der Waals surface area contributed by atoms with Gasteiger partial charge in [-0.1, -0.05) is 6.92 Å². The molecule has 0 radical (unpaired) electrons. The third kappa shape index (κ3) is 2.57. The Morgan fingerprint density at radius 1 is 1.35 bits per heavy atom. The maximum atomic E-state index is 10.7. The van der Waals surface area contributed by atoms with Crippen molar-refractivity contribution in [2.75, 3.05) is 18.0 Å². The zero-order valence-corrected chi connectivity index (χ0v) is 10.3. The summed E-state index contributed by atoms with van der Waals surface area (Å²) >= 11 is 0. The smallest absolute Gasteiger partial charge is 0.272 e. The molecule has 4 heteroatoms. The second kappa shape index (κ2) is 4.73. The van der Waals surface area contributed by atoms with Gasteiger partial charge in [-0.3, -0.25) is 10.1 Å². The van der Waals surface area contributed by atoms with Crippen LogP contribution in [0, 0.1) is 23.0 Å². The molecule has 1 aromatic rings. The average Bonchev–Trinajstić information content (AvgIpc) is 2.29. The van der Waals surface area contributed by atoms with E-state index < -0.39 is 0 Å². The van der Waals surface area contributed by atoms with E-state index in [1.165, 1.54) is 12.8 Å². The predicted octanol–water partition coefficient (Wildman–Crippen LogP) is 3.14. The van der Waals surface area contributed by atoms with E-state index >= 15 is 0 Å². The second-order valence-corrected chi connectivity index (χ2v) is 4.90. The number of nitrogens with zero attached hydrogens (tertiary/aromatic N) is 2. The highest BCUT2D eigenvalue weighted by atomic mass is 16.6. The number of nitro groups is 1. The van der Waals surface area contributed by atoms with Crippen molar-refractivity contribution >= 4 is 11.4 Å². The van der Waals surface area contributed by atoms with Crippen molar-refractivity contribution in [1.82, 2.24) is 0 Å². The fourth-order valence-corrected chi connectivity index (χ4v) is 2.31. The van der Waals surface area contributed by atoms with Crippen molar-refractivity contribution < 1.29 is 4.92 Å². The molecule has 0 unspecified atom stereocenters. The molecule has 1 fully saturated rings. The van der Waals surface area contributed by atoms with Gasteiger partial charge in [0, 0.05) is 30.4 Å². The Balaban J connectivity index is 2.17. The molecular formula is C13H18N2O2. The molecule has 4 nitrogen and oxygen atoms in total. The number of anilines is 1. The van der Waals surface area contributed by atoms with Crippen molar-refractivity contribution in [2.45, 2.75) is 26.7 Å². The van der Waals surface area contributed by atoms with Crippen molar-refractivity contribution in [3.8, 4) is 0 Å². The lowest BCUT2D eigenvalue weighted by Gasteiger charge is -2.32. The Labute approximate surface area is 101 Å². The van der Waals surface area contributed by atoms with Gasteiger partial charge >= 0.3 is 0 Å². The van der Waals surface area contributed by atoms with Crippen LogP contribution >= 0.6 is 0 Å². The van der Waals surface area contributed by atoms with Crippen LogP contribution in [0.25, 0.3) is 0 Å². The van der Waals surface area contributed by atoms with Crippen LogP contribution in [0.2, 0.25) is 0 Å². The first-order valence-electron chi connectivity index (χ1n) is 6.08. The number of hydrogen-bond donors (Lipinski definition) is 0. The molecule has 1 heterocycles. The fourth-order valence-electron chi connectivity index (χ4n) is 2.31. The molecule has 1 aliphatic heterocycles. The number of benzene rings is 1. The second-order valence-electron chi connectivity index (χ2n) is 4.90. The summed E-state index contributed by atoms with van der Waals surface area (Å²) in [5.74, 6) is 0.797. The minimum Gasteiger partial charge on any atom is -0.372 e. The SMILES string of the molecule is Cc1cc(N2CCC(C)CC2)ccc1[N+](=O)[O-]. The molecule has 0 aliphatic carbocycles. The van der Waals surface area contributed by atoms with E-state index in [-0.39, 0.29) is 10.6 Å². The standard InChI is InChI=1S/C13H18N2O2/c1-10-5-7-14(8-6-10)12-3-4-13(15(16)17)11(2)9-12/h3-4,9-10H,5-8H2,1-2H3. The van der Waals surface area contributed by atoms with E-state index in [2.05, 4.69) is 11.8 Å². The quantitative estimate of drug-likeness (QED) is 0.583. The normalized spacial score (nSPS) is 17.2. The van der Waals surface area contributed by atoms with Gasteiger partial charge in [0.2, 0.25) is 0 Å². The summed E-state index contributed by atoms with van der Waals surface area (Å²) in [4.78, 5) is 12.7. The zero-order chi connectivity index (χ0) is 12.4. The molecule has 0 spiro atoms. The molecule has 0 atom stereocenters. The summed E-state index contributed by atoms with van der Waals surface area (Å²) in [6.07, 6.45) is 2.41. The number of aryl methyl sites for hydroxylation is 1. The molecule has 0 saturated carbocycles. The Morgan fingerprint density at radius 3 is 2.53 bits per heavy atom. The number of nitro benzene ring substituents is 1. The van der Waals surface area contributed by atoms with E-state index in [9.17, 15) is 10.1 Å². The van der Waals surface area contributed by atoms with Crippen LogP contribution < -0.4 is 4.90 Å². The third-order valence-corrected chi connectivity index (χ3v) is 3.53. The first kappa shape index (κ1) is 11.9. The monoisotopic (exact) mass is 234 g/mol. The highest BCUT2D eigenvalue weighted by Crippen LogP contribution is 2.27. The summed E-state index contributed by atoms with van der Waals surface area (Å²) in [5.41, 5.74) is 2.06. The average molecular weight is 234 g/mol. The predicted molar refractivity (Wildman–Crippen MR) is 68.4 cm³/mol. The Hall–Kier alpha value is -1.58. The molecule has 0 bridgehead atoms. The van der Waals surface area contributed by atoms with E-state index in [1.807, 2.05) is 12.1 Å². The summed E-state index contributed by atoms with van der Waals surface area (Å²) in [6, 6.07) is 5.40. The lowest BCUT2D eigenvalue weighted by molar-refractivity contribution is -0.385. The van der Waals surface area contributed by atoms with Crippen LogP contribution in [0.3, 0.4) is 0 Å². The highest BCUT2D eigenvalue weighted by molar-refractivity contribution is 5.55. The zero-order valence-electron chi connectivity index (χ0n) is 10.3. The number of rotatable bonds is 2. The van der Waals surface area contributed by atoms with Gasteiger partial charge in [0.25, 0.3) is 5.69 Å². The third-order valence-electron chi connectivity index (χ3n) is 3.53. The first-order valence-corrected chi connectivity index (χ1v) is 6.08. The van der Waals surface area contributed by atoms with Crippen LogP contribution in [-0.2, 0) is 0 Å². The van der Waals surface area contributed by atoms with Crippen molar-refractivity contribution in [2.24, 2.45) is 5.92 Å². The van der Waals surface area contributed by atoms with Gasteiger partial charge < -0.3 is 4.90 Å². The van der Waals surface area contributed by atoms with Crippen LogP contribution in [0.4, 0.5) is 11.4 Å². The molecule has 1 aromatic carbocycles. The summed E-state index contributed by atoms with van der Waals surface area (Å²) in [6.45, 7) is 6.18. The summed E-state index contributed by atoms with van der Waals surface area (Å²) < 4.78 is 0. The molecule has 2 rings (SSSR count). The first-order chi connectivity index (χ1) is 8.08. The van der Waals surface area contributed by atoms with E-state index in [1.54, 1.807) is 13.0 Å². The fraction of sp³-hybridized carbons (Fsp3) is 0.538. The Kier molecular flexibility index (Phi) is 3.31. The molecule has 92 valence electrons. The van der Waals surface area contributed by atoms with Gasteiger partial charge in [0.1, 0.15) is 0 Å². The summed E-state index contributed by atoms with van der Waals surface area (Å²) in [5, 5.41) is 10.7. The maximum Gasteiger partial charge on any atom is 0.272 e. The molecular weight excluding hydrogens is 216 g/mol. The molecule has 17 heavy (non-hydrogen) atoms. The summed E-state index contributed by atoms with van der Waals surface area (Å²) in [7, 11) is 0. The van der Waals surface area contributed by atoms with E-state index in [4.69, 9.17) is 0 Å². The molecule has 1 saturated heterocycles. The van der Waals surface area contributed by atoms with E-state index in [0.29, 0.717) is 0 Å². The topological polar surface area (TPSA) is 46.4 Å². The Morgan fingerprint density at radius 2 is 2.00 bits per heavy atom. The van der Waals surface area contributed by atoms with Crippen LogP contribution in [0.15, 0.2) is 18.2 Å². The van der Waals surface area contributed by atoms with Gasteiger partial charge in [0.15, 0.2) is 0 Å². The molecule has 0 N–H and O–H groups in total. The minimum absolute atomic E-state index is 0.208. The Bertz CT molecular complexity index is 423. The van der Waals surface area contributed by atoms with Crippen molar-refractivity contribution in [3.05, 3.63) is 33.9 Å². The van der Waals surface area contributed by atoms with Gasteiger partial charge in [-0.15, -0.1) is 0 Å². The lowest BCUT2D eigenvalue weighted by atomic mass is 9.98. The molecule has 0 aromatic heterocycles. The van der Waals surface area contributed by atoms with Gasteiger partial charge in [-0.25, -0.2) is 0 Å². The number of hydrogen-bond acceptors (Lipinski definition) is 3. The largest absolute Gasteiger partial charge is 0.372 e. The van der Waals surface area contributed by atoms with Gasteiger partial charge in [0.05, 0.1) is 4.92 Å².